The third-order valence-electron chi connectivity index (χ3n) is 6.03. The molecule has 210 valence electrons. The highest BCUT2D eigenvalue weighted by molar-refractivity contribution is 7.14. The molecule has 0 radical (unpaired) electrons. The number of nitrogens with one attached hydrogen (secondary N) is 4. The zero-order valence-electron chi connectivity index (χ0n) is 20.6. The first-order valence-corrected chi connectivity index (χ1v) is 12.7. The number of carbonyl (C=O) groups is 5. The second-order valence-corrected chi connectivity index (χ2v) is 10.2. The van der Waals surface area contributed by atoms with Crippen molar-refractivity contribution < 1.29 is 39.3 Å². The van der Waals surface area contributed by atoms with E-state index in [1.807, 2.05) is 5.32 Å². The predicted molar refractivity (Wildman–Crippen MR) is 138 cm³/mol. The van der Waals surface area contributed by atoms with Gasteiger partial charge in [-0.25, -0.2) is 4.79 Å². The molecule has 1 aliphatic heterocycles. The normalized spacial score (nSPS) is 15.7. The summed E-state index contributed by atoms with van der Waals surface area (Å²) < 4.78 is 0. The Kier molecular flexibility index (Phi) is 9.59. The molecular formula is C23H28N6O9S. The molecule has 15 nitrogen and oxygen atoms in total. The first kappa shape index (κ1) is 29.1. The van der Waals surface area contributed by atoms with Gasteiger partial charge in [0, 0.05) is 17.8 Å². The van der Waals surface area contributed by atoms with E-state index in [1.165, 1.54) is 11.3 Å². The molecule has 0 aromatic carbocycles. The van der Waals surface area contributed by atoms with Gasteiger partial charge in [0.25, 0.3) is 11.5 Å². The highest BCUT2D eigenvalue weighted by Gasteiger charge is 2.29. The fourth-order valence-corrected chi connectivity index (χ4v) is 4.98. The lowest BCUT2D eigenvalue weighted by Gasteiger charge is -2.24. The number of rotatable bonds is 13. The minimum atomic E-state index is -1.75. The minimum absolute atomic E-state index is 0.0405. The average Bonchev–Trinajstić information content (AvgIpc) is 3.33. The number of carboxylic acid groups (broad SMARTS) is 3. The number of hydrogen-bond acceptors (Lipinski definition) is 10. The van der Waals surface area contributed by atoms with Crippen LogP contribution >= 0.6 is 11.3 Å². The van der Waals surface area contributed by atoms with Crippen molar-refractivity contribution in [1.82, 2.24) is 20.6 Å². The van der Waals surface area contributed by atoms with Crippen LogP contribution in [0.5, 0.6) is 0 Å². The molecule has 0 bridgehead atoms. The number of carboxylic acids is 3. The second-order valence-electron chi connectivity index (χ2n) is 8.99. The number of nitrogen functional groups attached to an aromatic ring is 1. The van der Waals surface area contributed by atoms with Crippen LogP contribution in [0.2, 0.25) is 0 Å². The summed E-state index contributed by atoms with van der Waals surface area (Å²) in [5.74, 6) is -5.29. The summed E-state index contributed by atoms with van der Waals surface area (Å²) in [7, 11) is 0. The molecule has 39 heavy (non-hydrogen) atoms. The summed E-state index contributed by atoms with van der Waals surface area (Å²) in [4.78, 5) is 78.5. The number of anilines is 2. The van der Waals surface area contributed by atoms with Gasteiger partial charge in [0.15, 0.2) is 0 Å². The van der Waals surface area contributed by atoms with Gasteiger partial charge in [0.05, 0.1) is 16.9 Å². The van der Waals surface area contributed by atoms with Crippen LogP contribution in [-0.2, 0) is 32.0 Å². The number of fused-ring (bicyclic) bond motifs is 1. The highest BCUT2D eigenvalue weighted by atomic mass is 32.1. The number of amides is 2. The lowest BCUT2D eigenvalue weighted by atomic mass is 9.92. The molecule has 1 aliphatic rings. The number of aryl methyl sites for hydroxylation is 1. The number of nitrogens with two attached hydrogens (primary N) is 1. The Morgan fingerprint density at radius 1 is 1.10 bits per heavy atom. The summed E-state index contributed by atoms with van der Waals surface area (Å²) in [6.07, 6.45) is 0.119. The molecule has 3 rings (SSSR count). The summed E-state index contributed by atoms with van der Waals surface area (Å²) in [5.41, 5.74) is 5.82. The largest absolute Gasteiger partial charge is 0.481 e. The third kappa shape index (κ3) is 8.26. The van der Waals surface area contributed by atoms with Crippen molar-refractivity contribution in [1.29, 1.82) is 0 Å². The van der Waals surface area contributed by atoms with Crippen molar-refractivity contribution in [3.8, 4) is 0 Å². The van der Waals surface area contributed by atoms with Crippen LogP contribution < -0.4 is 27.2 Å². The molecule has 16 heteroatoms. The molecule has 9 N–H and O–H groups in total. The summed E-state index contributed by atoms with van der Waals surface area (Å²) in [6.45, 7) is 0.598. The Balaban J connectivity index is 1.60. The van der Waals surface area contributed by atoms with Gasteiger partial charge in [-0.1, -0.05) is 0 Å². The fourth-order valence-electron chi connectivity index (χ4n) is 4.05. The topological polar surface area (TPSA) is 254 Å². The van der Waals surface area contributed by atoms with Crippen molar-refractivity contribution in [3.05, 3.63) is 37.8 Å². The Hall–Kier alpha value is -4.47. The average molecular weight is 565 g/mol. The lowest BCUT2D eigenvalue weighted by Crippen LogP contribution is -2.52. The predicted octanol–water partition coefficient (Wildman–Crippen LogP) is -0.362. The maximum absolute atomic E-state index is 12.8. The molecule has 2 amide bonds. The number of H-pyrrole nitrogens is 1. The van der Waals surface area contributed by atoms with Gasteiger partial charge in [-0.15, -0.1) is 11.3 Å². The van der Waals surface area contributed by atoms with Crippen LogP contribution in [0.1, 0.15) is 45.8 Å². The molecule has 2 aromatic heterocycles. The third-order valence-corrected chi connectivity index (χ3v) is 7.18. The molecule has 0 spiro atoms. The summed E-state index contributed by atoms with van der Waals surface area (Å²) in [6, 6.07) is 0.150. The van der Waals surface area contributed by atoms with Crippen molar-refractivity contribution >= 4 is 52.8 Å². The second kappa shape index (κ2) is 12.9. The van der Waals surface area contributed by atoms with E-state index in [1.54, 1.807) is 12.1 Å². The zero-order valence-corrected chi connectivity index (χ0v) is 21.4. The highest BCUT2D eigenvalue weighted by Crippen LogP contribution is 2.25. The molecule has 0 fully saturated rings. The Morgan fingerprint density at radius 2 is 1.85 bits per heavy atom. The monoisotopic (exact) mass is 564 g/mol. The number of nitrogens with zero attached hydrogens (tertiary/aromatic N) is 1. The molecule has 2 aromatic rings. The van der Waals surface area contributed by atoms with Crippen molar-refractivity contribution in [3.63, 3.8) is 0 Å². The SMILES string of the molecule is Nc1nc2c(c(=O)[nH]1)CC(CCc1ccc(C(=O)N[C@H](CCC(=O)O)C(=O)N[C@H](CC(=O)O)C(=O)O)s1)CN2. The van der Waals surface area contributed by atoms with E-state index in [0.717, 1.165) is 4.88 Å². The van der Waals surface area contributed by atoms with Gasteiger partial charge in [0.1, 0.15) is 17.9 Å². The summed E-state index contributed by atoms with van der Waals surface area (Å²) in [5, 5.41) is 34.6. The number of aromatic nitrogens is 2. The van der Waals surface area contributed by atoms with Gasteiger partial charge < -0.3 is 37.0 Å². The fraction of sp³-hybridized carbons (Fsp3) is 0.435. The Morgan fingerprint density at radius 3 is 2.51 bits per heavy atom. The maximum Gasteiger partial charge on any atom is 0.326 e. The maximum atomic E-state index is 12.8. The number of carbonyl (C=O) groups excluding carboxylic acids is 2. The number of thiophene rings is 1. The molecule has 0 saturated carbocycles. The molecule has 0 aliphatic carbocycles. The van der Waals surface area contributed by atoms with Crippen molar-refractivity contribution in [2.45, 2.75) is 50.6 Å². The summed E-state index contributed by atoms with van der Waals surface area (Å²) >= 11 is 1.18. The zero-order chi connectivity index (χ0) is 28.7. The number of hydrogen-bond donors (Lipinski definition) is 8. The van der Waals surface area contributed by atoms with E-state index >= 15 is 0 Å². The smallest absolute Gasteiger partial charge is 0.326 e. The van der Waals surface area contributed by atoms with Crippen LogP contribution in [0.15, 0.2) is 16.9 Å². The van der Waals surface area contributed by atoms with Gasteiger partial charge in [0.2, 0.25) is 11.9 Å². The number of aliphatic carboxylic acids is 3. The first-order valence-electron chi connectivity index (χ1n) is 11.9. The van der Waals surface area contributed by atoms with Crippen LogP contribution in [0.3, 0.4) is 0 Å². The molecule has 1 unspecified atom stereocenters. The van der Waals surface area contributed by atoms with Crippen LogP contribution in [-0.4, -0.2) is 73.6 Å². The first-order chi connectivity index (χ1) is 18.4. The Bertz CT molecular complexity index is 1320. The van der Waals surface area contributed by atoms with Gasteiger partial charge in [-0.2, -0.15) is 4.98 Å². The minimum Gasteiger partial charge on any atom is -0.481 e. The Labute approximate surface area is 224 Å². The van der Waals surface area contributed by atoms with Crippen LogP contribution in [0.4, 0.5) is 11.8 Å². The van der Waals surface area contributed by atoms with Gasteiger partial charge in [-0.05, 0) is 43.7 Å². The van der Waals surface area contributed by atoms with Crippen molar-refractivity contribution in [2.75, 3.05) is 17.6 Å². The standard InChI is InChI=1S/C23H28N6O9S/c24-23-28-18-12(19(34)29-23)7-10(9-25-18)1-2-11-3-5-15(39-11)21(36)26-13(4-6-16(30)31)20(35)27-14(22(37)38)8-17(32)33/h3,5,10,13-14H,1-2,4,6-9H2,(H,26,36)(H,27,35)(H,30,31)(H,32,33)(H,37,38)(H4,24,25,28,29,34)/t10?,13-,14-/m1/s1. The molecule has 0 saturated heterocycles. The molecule has 3 atom stereocenters. The van der Waals surface area contributed by atoms with Crippen LogP contribution in [0.25, 0.3) is 0 Å². The number of aromatic amines is 1. The lowest BCUT2D eigenvalue weighted by molar-refractivity contribution is -0.147. The van der Waals surface area contributed by atoms with Crippen molar-refractivity contribution in [2.24, 2.45) is 5.92 Å². The van der Waals surface area contributed by atoms with Gasteiger partial charge >= 0.3 is 17.9 Å². The van der Waals surface area contributed by atoms with E-state index < -0.39 is 54.6 Å². The van der Waals surface area contributed by atoms with E-state index in [4.69, 9.17) is 21.1 Å². The van der Waals surface area contributed by atoms with Crippen LogP contribution in [0, 0.1) is 5.92 Å². The van der Waals surface area contributed by atoms with E-state index in [2.05, 4.69) is 20.6 Å². The van der Waals surface area contributed by atoms with E-state index in [9.17, 15) is 28.8 Å². The van der Waals surface area contributed by atoms with Gasteiger partial charge in [-0.3, -0.25) is 29.0 Å². The van der Waals surface area contributed by atoms with E-state index in [0.29, 0.717) is 37.2 Å². The molecule has 3 heterocycles. The van der Waals surface area contributed by atoms with E-state index in [-0.39, 0.29) is 28.7 Å². The quantitative estimate of drug-likeness (QED) is 0.155. The molecular weight excluding hydrogens is 536 g/mol.